The van der Waals surface area contributed by atoms with E-state index in [0.717, 1.165) is 41.7 Å². The summed E-state index contributed by atoms with van der Waals surface area (Å²) >= 11 is 3.56. The zero-order valence-corrected chi connectivity index (χ0v) is 26.3. The SMILES string of the molecule is BrCCCCCCc1ccc(N(c2ccccc2)c2ccc(-c3ccc(N=C4C=CCCC4)cc3)cc2)c2ccccc12. The summed E-state index contributed by atoms with van der Waals surface area (Å²) in [5.41, 5.74) is 9.55. The van der Waals surface area contributed by atoms with Gasteiger partial charge < -0.3 is 4.90 Å². The average molecular weight is 628 g/mol. The lowest BCUT2D eigenvalue weighted by Crippen LogP contribution is -2.10. The number of hydrogen-bond acceptors (Lipinski definition) is 2. The highest BCUT2D eigenvalue weighted by atomic mass is 79.9. The van der Waals surface area contributed by atoms with Crippen molar-refractivity contribution in [1.82, 2.24) is 0 Å². The van der Waals surface area contributed by atoms with Gasteiger partial charge in [-0.25, -0.2) is 0 Å². The first-order valence-electron chi connectivity index (χ1n) is 15.7. The Balaban J connectivity index is 1.30. The normalized spacial score (nSPS) is 13.9. The number of fused-ring (bicyclic) bond motifs is 1. The molecular formula is C40H39BrN2. The molecule has 3 heteroatoms. The van der Waals surface area contributed by atoms with Crippen LogP contribution in [0.5, 0.6) is 0 Å². The summed E-state index contributed by atoms with van der Waals surface area (Å²) in [6.45, 7) is 0. The van der Waals surface area contributed by atoms with Crippen molar-refractivity contribution in [2.45, 2.75) is 51.4 Å². The quantitative estimate of drug-likeness (QED) is 0.105. The van der Waals surface area contributed by atoms with Crippen molar-refractivity contribution in [2.75, 3.05) is 10.2 Å². The van der Waals surface area contributed by atoms with Crippen LogP contribution < -0.4 is 4.90 Å². The number of nitrogens with zero attached hydrogens (tertiary/aromatic N) is 2. The summed E-state index contributed by atoms with van der Waals surface area (Å²) in [7, 11) is 0. The summed E-state index contributed by atoms with van der Waals surface area (Å²) in [6, 6.07) is 41.9. The minimum absolute atomic E-state index is 1.02. The van der Waals surface area contributed by atoms with E-state index in [4.69, 9.17) is 4.99 Å². The van der Waals surface area contributed by atoms with Gasteiger partial charge in [0.25, 0.3) is 0 Å². The predicted octanol–water partition coefficient (Wildman–Crippen LogP) is 12.3. The molecule has 0 aromatic heterocycles. The van der Waals surface area contributed by atoms with Crippen LogP contribution in [0.3, 0.4) is 0 Å². The van der Waals surface area contributed by atoms with Crippen molar-refractivity contribution in [1.29, 1.82) is 0 Å². The first kappa shape index (κ1) is 29.1. The number of unbranched alkanes of at least 4 members (excludes halogenated alkanes) is 3. The van der Waals surface area contributed by atoms with Crippen molar-refractivity contribution in [2.24, 2.45) is 4.99 Å². The van der Waals surface area contributed by atoms with Gasteiger partial charge in [0.05, 0.1) is 11.4 Å². The van der Waals surface area contributed by atoms with Crippen molar-refractivity contribution >= 4 is 55.2 Å². The molecule has 1 aliphatic rings. The number of alkyl halides is 1. The summed E-state index contributed by atoms with van der Waals surface area (Å²) in [6.07, 6.45) is 14.0. The Bertz CT molecular complexity index is 1690. The highest BCUT2D eigenvalue weighted by Gasteiger charge is 2.16. The van der Waals surface area contributed by atoms with Crippen LogP contribution in [-0.2, 0) is 6.42 Å². The van der Waals surface area contributed by atoms with Gasteiger partial charge in [0, 0.05) is 27.8 Å². The van der Waals surface area contributed by atoms with E-state index < -0.39 is 0 Å². The van der Waals surface area contributed by atoms with E-state index in [1.807, 2.05) is 0 Å². The zero-order valence-electron chi connectivity index (χ0n) is 24.8. The fourth-order valence-electron chi connectivity index (χ4n) is 6.02. The molecule has 5 aromatic rings. The molecule has 6 rings (SSSR count). The molecule has 0 saturated carbocycles. The molecule has 0 fully saturated rings. The van der Waals surface area contributed by atoms with E-state index in [1.165, 1.54) is 71.0 Å². The van der Waals surface area contributed by atoms with E-state index in [-0.39, 0.29) is 0 Å². The van der Waals surface area contributed by atoms with Crippen LogP contribution in [0.4, 0.5) is 22.7 Å². The van der Waals surface area contributed by atoms with Gasteiger partial charge in [-0.2, -0.15) is 0 Å². The van der Waals surface area contributed by atoms with Crippen LogP contribution in [0.2, 0.25) is 0 Å². The van der Waals surface area contributed by atoms with E-state index in [0.29, 0.717) is 0 Å². The molecule has 0 aliphatic heterocycles. The number of aliphatic imine (C=N–C) groups is 1. The molecule has 0 spiro atoms. The molecule has 216 valence electrons. The summed E-state index contributed by atoms with van der Waals surface area (Å²) < 4.78 is 0. The van der Waals surface area contributed by atoms with Crippen molar-refractivity contribution in [3.63, 3.8) is 0 Å². The summed E-state index contributed by atoms with van der Waals surface area (Å²) in [5.74, 6) is 0. The van der Waals surface area contributed by atoms with E-state index in [2.05, 4.69) is 148 Å². The smallest absolute Gasteiger partial charge is 0.0633 e. The van der Waals surface area contributed by atoms with Gasteiger partial charge in [0.1, 0.15) is 0 Å². The van der Waals surface area contributed by atoms with Crippen LogP contribution in [0, 0.1) is 0 Å². The first-order chi connectivity index (χ1) is 21.3. The van der Waals surface area contributed by atoms with E-state index in [1.54, 1.807) is 0 Å². The maximum Gasteiger partial charge on any atom is 0.0633 e. The molecule has 0 N–H and O–H groups in total. The Kier molecular flexibility index (Phi) is 9.81. The maximum absolute atomic E-state index is 4.84. The van der Waals surface area contributed by atoms with Gasteiger partial charge in [-0.1, -0.05) is 108 Å². The minimum atomic E-state index is 1.02. The van der Waals surface area contributed by atoms with Crippen LogP contribution in [0.15, 0.2) is 132 Å². The Morgan fingerprint density at radius 3 is 2.02 bits per heavy atom. The third-order valence-corrected chi connectivity index (χ3v) is 8.85. The van der Waals surface area contributed by atoms with Gasteiger partial charge in [-0.3, -0.25) is 4.99 Å². The monoisotopic (exact) mass is 626 g/mol. The number of benzene rings is 5. The average Bonchev–Trinajstić information content (AvgIpc) is 3.07. The zero-order chi connectivity index (χ0) is 29.3. The van der Waals surface area contributed by atoms with Crippen LogP contribution in [0.1, 0.15) is 50.5 Å². The van der Waals surface area contributed by atoms with Crippen molar-refractivity contribution in [3.8, 4) is 11.1 Å². The number of allylic oxidation sites excluding steroid dienone is 2. The second-order valence-corrected chi connectivity index (χ2v) is 12.1. The Hall–Kier alpha value is -3.95. The summed E-state index contributed by atoms with van der Waals surface area (Å²) in [5, 5.41) is 3.74. The van der Waals surface area contributed by atoms with Gasteiger partial charge in [-0.15, -0.1) is 0 Å². The number of halogens is 1. The third kappa shape index (κ3) is 7.17. The number of aryl methyl sites for hydroxylation is 1. The highest BCUT2D eigenvalue weighted by Crippen LogP contribution is 2.40. The van der Waals surface area contributed by atoms with Gasteiger partial charge >= 0.3 is 0 Å². The van der Waals surface area contributed by atoms with Gasteiger partial charge in [0.15, 0.2) is 0 Å². The number of hydrogen-bond donors (Lipinski definition) is 0. The fourth-order valence-corrected chi connectivity index (χ4v) is 6.42. The maximum atomic E-state index is 4.84. The van der Waals surface area contributed by atoms with E-state index >= 15 is 0 Å². The molecule has 0 unspecified atom stereocenters. The lowest BCUT2D eigenvalue weighted by atomic mass is 9.97. The molecule has 1 aliphatic carbocycles. The second-order valence-electron chi connectivity index (χ2n) is 11.3. The summed E-state index contributed by atoms with van der Waals surface area (Å²) in [4.78, 5) is 7.23. The lowest BCUT2D eigenvalue weighted by molar-refractivity contribution is 0.673. The van der Waals surface area contributed by atoms with Gasteiger partial charge in [0.2, 0.25) is 0 Å². The molecule has 5 aromatic carbocycles. The second kappa shape index (κ2) is 14.5. The van der Waals surface area contributed by atoms with Crippen LogP contribution in [0.25, 0.3) is 21.9 Å². The molecule has 0 bridgehead atoms. The molecule has 0 atom stereocenters. The van der Waals surface area contributed by atoms with Crippen molar-refractivity contribution in [3.05, 3.63) is 133 Å². The number of anilines is 3. The first-order valence-corrected chi connectivity index (χ1v) is 16.8. The predicted molar refractivity (Wildman–Crippen MR) is 190 cm³/mol. The van der Waals surface area contributed by atoms with Crippen LogP contribution in [-0.4, -0.2) is 11.0 Å². The van der Waals surface area contributed by atoms with Crippen LogP contribution >= 0.6 is 15.9 Å². The molecule has 2 nitrogen and oxygen atoms in total. The molecule has 0 amide bonds. The molecule has 0 heterocycles. The van der Waals surface area contributed by atoms with Crippen molar-refractivity contribution < 1.29 is 0 Å². The Labute approximate surface area is 264 Å². The number of rotatable bonds is 11. The van der Waals surface area contributed by atoms with E-state index in [9.17, 15) is 0 Å². The standard InChI is InChI=1S/C40H39BrN2/c41-30-12-2-1-5-13-33-24-29-40(39-19-11-10-18-38(33)39)43(36-16-8-4-9-17-36)37-27-22-32(23-28-37)31-20-25-35(26-21-31)42-34-14-6-3-7-15-34/h4,6,8-11,14,16-29H,1-3,5,7,12-13,15,30H2. The topological polar surface area (TPSA) is 15.6 Å². The number of para-hydroxylation sites is 1. The fraction of sp³-hybridized carbons (Fsp3) is 0.225. The third-order valence-electron chi connectivity index (χ3n) is 8.29. The highest BCUT2D eigenvalue weighted by molar-refractivity contribution is 9.09. The Morgan fingerprint density at radius 2 is 1.30 bits per heavy atom. The molecular weight excluding hydrogens is 588 g/mol. The molecule has 0 saturated heterocycles. The van der Waals surface area contributed by atoms with Gasteiger partial charge in [-0.05, 0) is 109 Å². The Morgan fingerprint density at radius 1 is 0.628 bits per heavy atom. The molecule has 0 radical (unpaired) electrons. The molecule has 43 heavy (non-hydrogen) atoms. The largest absolute Gasteiger partial charge is 0.310 e. The minimum Gasteiger partial charge on any atom is -0.310 e. The lowest BCUT2D eigenvalue weighted by Gasteiger charge is -2.27.